The zero-order chi connectivity index (χ0) is 13.0. The normalized spacial score (nSPS) is 38.8. The van der Waals surface area contributed by atoms with Gasteiger partial charge in [0.15, 0.2) is 5.78 Å². The first-order valence-corrected chi connectivity index (χ1v) is 6.89. The summed E-state index contributed by atoms with van der Waals surface area (Å²) < 4.78 is 0. The molecule has 0 saturated heterocycles. The summed E-state index contributed by atoms with van der Waals surface area (Å²) in [6, 6.07) is 8.38. The molecule has 0 aromatic heterocycles. The first-order valence-electron chi connectivity index (χ1n) is 6.89. The second kappa shape index (κ2) is 3.67. The van der Waals surface area contributed by atoms with Gasteiger partial charge in [0.1, 0.15) is 0 Å². The van der Waals surface area contributed by atoms with Gasteiger partial charge in [0.05, 0.1) is 6.10 Å². The maximum absolute atomic E-state index is 11.9. The summed E-state index contributed by atoms with van der Waals surface area (Å²) in [5.74, 6) is 0.171. The molecule has 3 aliphatic rings. The molecule has 2 nitrogen and oxygen atoms in total. The molecule has 1 aromatic rings. The molecule has 4 rings (SSSR count). The van der Waals surface area contributed by atoms with Crippen molar-refractivity contribution in [3.63, 3.8) is 0 Å². The van der Waals surface area contributed by atoms with Crippen LogP contribution < -0.4 is 0 Å². The van der Waals surface area contributed by atoms with Crippen LogP contribution in [0.25, 0.3) is 6.08 Å². The van der Waals surface area contributed by atoms with Crippen LogP contribution in [-0.4, -0.2) is 17.0 Å². The highest BCUT2D eigenvalue weighted by Crippen LogP contribution is 2.56. The molecule has 0 aliphatic heterocycles. The third-order valence-corrected chi connectivity index (χ3v) is 5.03. The van der Waals surface area contributed by atoms with E-state index in [0.29, 0.717) is 12.3 Å². The number of hydrogen-bond donors (Lipinski definition) is 1. The van der Waals surface area contributed by atoms with Gasteiger partial charge in [-0.2, -0.15) is 0 Å². The van der Waals surface area contributed by atoms with E-state index < -0.39 is 6.10 Å². The Labute approximate surface area is 112 Å². The Morgan fingerprint density at radius 3 is 2.84 bits per heavy atom. The second-order valence-corrected chi connectivity index (χ2v) is 5.98. The molecule has 1 saturated carbocycles. The maximum atomic E-state index is 11.9. The number of allylic oxidation sites excluding steroid dienone is 3. The Hall–Kier alpha value is -1.67. The van der Waals surface area contributed by atoms with E-state index in [2.05, 4.69) is 36.4 Å². The Morgan fingerprint density at radius 1 is 1.16 bits per heavy atom. The zero-order valence-electron chi connectivity index (χ0n) is 10.6. The molecule has 1 aromatic carbocycles. The van der Waals surface area contributed by atoms with Crippen LogP contribution in [0.5, 0.6) is 0 Å². The van der Waals surface area contributed by atoms with E-state index in [9.17, 15) is 9.90 Å². The van der Waals surface area contributed by atoms with E-state index in [1.54, 1.807) is 6.08 Å². The molecule has 0 radical (unpaired) electrons. The largest absolute Gasteiger partial charge is 0.392 e. The summed E-state index contributed by atoms with van der Waals surface area (Å²) in [5, 5.41) is 10.3. The fraction of sp³-hybridized carbons (Fsp3) is 0.353. The van der Waals surface area contributed by atoms with E-state index >= 15 is 0 Å². The van der Waals surface area contributed by atoms with Gasteiger partial charge in [-0.3, -0.25) is 4.79 Å². The van der Waals surface area contributed by atoms with Crippen molar-refractivity contribution in [2.75, 3.05) is 0 Å². The lowest BCUT2D eigenvalue weighted by atomic mass is 9.55. The topological polar surface area (TPSA) is 37.3 Å². The van der Waals surface area contributed by atoms with Crippen LogP contribution in [0.15, 0.2) is 42.5 Å². The van der Waals surface area contributed by atoms with E-state index in [-0.39, 0.29) is 17.1 Å². The van der Waals surface area contributed by atoms with E-state index in [4.69, 9.17) is 0 Å². The van der Waals surface area contributed by atoms with Gasteiger partial charge in [-0.25, -0.2) is 0 Å². The molecule has 1 spiro atoms. The van der Waals surface area contributed by atoms with Crippen molar-refractivity contribution < 1.29 is 9.90 Å². The third-order valence-electron chi connectivity index (χ3n) is 5.03. The van der Waals surface area contributed by atoms with Crippen LogP contribution in [0, 0.1) is 11.3 Å². The molecule has 96 valence electrons. The monoisotopic (exact) mass is 252 g/mol. The van der Waals surface area contributed by atoms with Crippen molar-refractivity contribution in [2.24, 2.45) is 11.3 Å². The number of carbonyl (C=O) groups is 1. The quantitative estimate of drug-likeness (QED) is 0.770. The predicted molar refractivity (Wildman–Crippen MR) is 73.5 cm³/mol. The summed E-state index contributed by atoms with van der Waals surface area (Å²) in [5.41, 5.74) is 2.49. The number of benzene rings is 1. The van der Waals surface area contributed by atoms with Gasteiger partial charge in [0.25, 0.3) is 0 Å². The van der Waals surface area contributed by atoms with Crippen LogP contribution in [0.4, 0.5) is 0 Å². The molecular weight excluding hydrogens is 236 g/mol. The van der Waals surface area contributed by atoms with Crippen LogP contribution in [0.3, 0.4) is 0 Å². The number of hydrogen-bond acceptors (Lipinski definition) is 2. The molecule has 4 atom stereocenters. The summed E-state index contributed by atoms with van der Waals surface area (Å²) >= 11 is 0. The SMILES string of the molecule is O=C1C=CC23C=Cc4ccccc4C2CC(O)C1C3. The molecule has 1 fully saturated rings. The lowest BCUT2D eigenvalue weighted by Crippen LogP contribution is -2.46. The number of aliphatic hydroxyl groups excluding tert-OH is 1. The summed E-state index contributed by atoms with van der Waals surface area (Å²) in [6.45, 7) is 0. The fourth-order valence-electron chi connectivity index (χ4n) is 4.00. The highest BCUT2D eigenvalue weighted by molar-refractivity contribution is 5.94. The fourth-order valence-corrected chi connectivity index (χ4v) is 4.00. The van der Waals surface area contributed by atoms with Crippen molar-refractivity contribution in [1.29, 1.82) is 0 Å². The molecule has 0 heterocycles. The Kier molecular flexibility index (Phi) is 2.16. The number of fused-ring (bicyclic) bond motifs is 3. The van der Waals surface area contributed by atoms with Crippen molar-refractivity contribution in [1.82, 2.24) is 0 Å². The Balaban J connectivity index is 1.90. The molecule has 2 heteroatoms. The average molecular weight is 252 g/mol. The molecule has 2 bridgehead atoms. The van der Waals surface area contributed by atoms with E-state index in [1.165, 1.54) is 11.1 Å². The van der Waals surface area contributed by atoms with Gasteiger partial charge >= 0.3 is 0 Å². The van der Waals surface area contributed by atoms with E-state index in [1.807, 2.05) is 6.07 Å². The number of ketones is 1. The number of carbonyl (C=O) groups excluding carboxylic acids is 1. The maximum Gasteiger partial charge on any atom is 0.161 e. The predicted octanol–water partition coefficient (Wildman–Crippen LogP) is 2.69. The minimum Gasteiger partial charge on any atom is -0.392 e. The smallest absolute Gasteiger partial charge is 0.161 e. The van der Waals surface area contributed by atoms with Crippen molar-refractivity contribution >= 4 is 11.9 Å². The minimum absolute atomic E-state index is 0.0633. The lowest BCUT2D eigenvalue weighted by Gasteiger charge is -2.49. The van der Waals surface area contributed by atoms with Gasteiger partial charge in [-0.15, -0.1) is 0 Å². The third kappa shape index (κ3) is 1.44. The molecule has 1 N–H and O–H groups in total. The van der Waals surface area contributed by atoms with Crippen molar-refractivity contribution in [3.8, 4) is 0 Å². The van der Waals surface area contributed by atoms with Crippen LogP contribution >= 0.6 is 0 Å². The number of rotatable bonds is 0. The average Bonchev–Trinajstić information content (AvgIpc) is 2.44. The summed E-state index contributed by atoms with van der Waals surface area (Å²) in [6.07, 6.45) is 9.08. The van der Waals surface area contributed by atoms with Gasteiger partial charge in [0, 0.05) is 11.3 Å². The van der Waals surface area contributed by atoms with Gasteiger partial charge in [0.2, 0.25) is 0 Å². The lowest BCUT2D eigenvalue weighted by molar-refractivity contribution is -0.126. The van der Waals surface area contributed by atoms with Gasteiger partial charge < -0.3 is 5.11 Å². The Morgan fingerprint density at radius 2 is 1.95 bits per heavy atom. The van der Waals surface area contributed by atoms with Crippen LogP contribution in [0.2, 0.25) is 0 Å². The standard InChI is InChI=1S/C17H16O2/c18-15-6-8-17-7-5-11-3-1-2-4-12(11)14(17)9-16(19)13(15)10-17/h1-8,13-14,16,19H,9-10H2. The molecule has 4 unspecified atom stereocenters. The first-order chi connectivity index (χ1) is 9.20. The van der Waals surface area contributed by atoms with E-state index in [0.717, 1.165) is 6.42 Å². The zero-order valence-corrected chi connectivity index (χ0v) is 10.6. The van der Waals surface area contributed by atoms with Gasteiger partial charge in [-0.05, 0) is 36.0 Å². The second-order valence-electron chi connectivity index (χ2n) is 5.98. The minimum atomic E-state index is -0.505. The summed E-state index contributed by atoms with van der Waals surface area (Å²) in [4.78, 5) is 11.9. The van der Waals surface area contributed by atoms with Gasteiger partial charge in [-0.1, -0.05) is 42.5 Å². The number of aliphatic hydroxyl groups is 1. The molecule has 3 aliphatic carbocycles. The molecule has 19 heavy (non-hydrogen) atoms. The summed E-state index contributed by atoms with van der Waals surface area (Å²) in [7, 11) is 0. The van der Waals surface area contributed by atoms with Crippen molar-refractivity contribution in [3.05, 3.63) is 53.6 Å². The molecular formula is C17H16O2. The highest BCUT2D eigenvalue weighted by atomic mass is 16.3. The first kappa shape index (κ1) is 11.2. The molecule has 0 amide bonds. The van der Waals surface area contributed by atoms with Crippen molar-refractivity contribution in [2.45, 2.75) is 24.9 Å². The highest BCUT2D eigenvalue weighted by Gasteiger charge is 2.50. The van der Waals surface area contributed by atoms with Crippen LogP contribution in [-0.2, 0) is 4.79 Å². The Bertz CT molecular complexity index is 613. The van der Waals surface area contributed by atoms with Crippen LogP contribution in [0.1, 0.15) is 29.9 Å².